The van der Waals surface area contributed by atoms with E-state index in [0.717, 1.165) is 39.6 Å². The highest BCUT2D eigenvalue weighted by atomic mass is 16.5. The molecule has 0 aliphatic heterocycles. The van der Waals surface area contributed by atoms with Gasteiger partial charge in [-0.25, -0.2) is 9.55 Å². The number of ether oxygens (including phenoxy) is 1. The van der Waals surface area contributed by atoms with E-state index in [1.807, 2.05) is 6.20 Å². The zero-order valence-electron chi connectivity index (χ0n) is 32.5. The maximum atomic E-state index is 6.86. The maximum absolute atomic E-state index is 6.86. The van der Waals surface area contributed by atoms with Gasteiger partial charge in [0.25, 0.3) is 0 Å². The summed E-state index contributed by atoms with van der Waals surface area (Å²) in [5.41, 5.74) is 9.28. The van der Waals surface area contributed by atoms with Crippen molar-refractivity contribution in [2.75, 3.05) is 0 Å². The van der Waals surface area contributed by atoms with Crippen LogP contribution in [0.15, 0.2) is 104 Å². The lowest BCUT2D eigenvalue weighted by Crippen LogP contribution is -2.49. The summed E-state index contributed by atoms with van der Waals surface area (Å²) in [6, 6.07) is 33.0. The molecule has 0 aliphatic rings. The average molecular weight is 678 g/mol. The molecule has 0 aliphatic carbocycles. The second-order valence-corrected chi connectivity index (χ2v) is 18.2. The van der Waals surface area contributed by atoms with Crippen LogP contribution in [-0.2, 0) is 21.8 Å². The topological polar surface area (TPSA) is 35.9 Å². The van der Waals surface area contributed by atoms with Crippen LogP contribution in [0.3, 0.4) is 0 Å². The fraction of sp³-hybridized carbons (Fsp3) is 0.348. The third kappa shape index (κ3) is 6.44. The summed E-state index contributed by atoms with van der Waals surface area (Å²) >= 11 is 0. The molecule has 7 rings (SSSR count). The van der Waals surface area contributed by atoms with Gasteiger partial charge in [0.1, 0.15) is 28.5 Å². The Hall–Kier alpha value is -4.90. The number of benzene rings is 4. The Balaban J connectivity index is 1.41. The Morgan fingerprint density at radius 1 is 0.549 bits per heavy atom. The van der Waals surface area contributed by atoms with Crippen molar-refractivity contribution in [3.8, 4) is 23.0 Å². The van der Waals surface area contributed by atoms with Crippen LogP contribution in [0.5, 0.6) is 11.5 Å². The molecule has 0 saturated heterocycles. The highest BCUT2D eigenvalue weighted by Gasteiger charge is 2.28. The quantitative estimate of drug-likeness (QED) is 0.174. The minimum Gasteiger partial charge on any atom is -0.457 e. The second-order valence-electron chi connectivity index (χ2n) is 18.2. The molecule has 0 saturated carbocycles. The van der Waals surface area contributed by atoms with E-state index in [-0.39, 0.29) is 21.8 Å². The number of aromatic nitrogens is 4. The number of pyridine rings is 1. The lowest BCUT2D eigenvalue weighted by Gasteiger charge is -2.21. The Labute approximate surface area is 303 Å². The van der Waals surface area contributed by atoms with Crippen molar-refractivity contribution < 1.29 is 9.30 Å². The summed E-state index contributed by atoms with van der Waals surface area (Å²) < 4.78 is 13.8. The fourth-order valence-electron chi connectivity index (χ4n) is 6.99. The summed E-state index contributed by atoms with van der Waals surface area (Å²) in [5.74, 6) is 2.50. The Morgan fingerprint density at radius 3 is 1.92 bits per heavy atom. The first-order chi connectivity index (χ1) is 23.8. The number of hydrogen-bond acceptors (Lipinski definition) is 2. The molecule has 0 N–H and O–H groups in total. The van der Waals surface area contributed by atoms with Crippen molar-refractivity contribution in [3.63, 3.8) is 0 Å². The molecule has 5 heteroatoms. The highest BCUT2D eigenvalue weighted by molar-refractivity contribution is 6.09. The standard InChI is InChI=1S/C46H53N4O/c1-43(2,3)30-17-20-38-37(25-30)36-19-18-34(28-41(36)50(38)42-26-31(21-22-47-42)44(4,5)6)51-35-24-32(45(7,8)9)23-33(27-35)48-29-49(46(10,11)12)40-16-14-13-15-39(40)48/h13-29H,1-12H3/q+1. The normalized spacial score (nSPS) is 13.1. The van der Waals surface area contributed by atoms with Crippen LogP contribution in [0.25, 0.3) is 44.3 Å². The molecule has 0 atom stereocenters. The SMILES string of the molecule is CC(C)(C)c1cc(Oc2ccc3c4cc(C(C)(C)C)ccc4n(-c4cc(C(C)(C)C)ccn4)c3c2)cc(-n2c[n+](C(C)(C)C)c3ccccc32)c1. The van der Waals surface area contributed by atoms with E-state index < -0.39 is 0 Å². The number of fused-ring (bicyclic) bond motifs is 4. The van der Waals surface area contributed by atoms with E-state index in [4.69, 9.17) is 9.72 Å². The Bertz CT molecular complexity index is 2430. The summed E-state index contributed by atoms with van der Waals surface area (Å²) in [4.78, 5) is 4.93. The van der Waals surface area contributed by atoms with Crippen LogP contribution < -0.4 is 9.30 Å². The summed E-state index contributed by atoms with van der Waals surface area (Å²) in [7, 11) is 0. The molecule has 0 unspecified atom stereocenters. The summed E-state index contributed by atoms with van der Waals surface area (Å²) in [6.45, 7) is 27.1. The van der Waals surface area contributed by atoms with E-state index in [1.54, 1.807) is 0 Å². The molecular formula is C46H53N4O+. The monoisotopic (exact) mass is 677 g/mol. The predicted octanol–water partition coefficient (Wildman–Crippen LogP) is 11.8. The van der Waals surface area contributed by atoms with E-state index in [2.05, 4.69) is 194 Å². The van der Waals surface area contributed by atoms with Gasteiger partial charge in [0, 0.05) is 29.1 Å². The molecule has 3 heterocycles. The van der Waals surface area contributed by atoms with Gasteiger partial charge in [0.15, 0.2) is 11.0 Å². The number of hydrogen-bond donors (Lipinski definition) is 0. The molecule has 0 radical (unpaired) electrons. The maximum Gasteiger partial charge on any atom is 0.250 e. The third-order valence-corrected chi connectivity index (χ3v) is 10.1. The van der Waals surface area contributed by atoms with Crippen LogP contribution in [0, 0.1) is 0 Å². The van der Waals surface area contributed by atoms with E-state index in [0.29, 0.717) is 0 Å². The van der Waals surface area contributed by atoms with E-state index >= 15 is 0 Å². The molecular weight excluding hydrogens is 625 g/mol. The van der Waals surface area contributed by atoms with Crippen molar-refractivity contribution in [1.29, 1.82) is 0 Å². The predicted molar refractivity (Wildman–Crippen MR) is 213 cm³/mol. The highest BCUT2D eigenvalue weighted by Crippen LogP contribution is 2.39. The van der Waals surface area contributed by atoms with Gasteiger partial charge in [-0.15, -0.1) is 0 Å². The minimum absolute atomic E-state index is 0.00288. The molecule has 3 aromatic heterocycles. The van der Waals surface area contributed by atoms with Gasteiger partial charge in [0.2, 0.25) is 6.33 Å². The van der Waals surface area contributed by atoms with Crippen LogP contribution >= 0.6 is 0 Å². The average Bonchev–Trinajstić information content (AvgIpc) is 3.59. The Morgan fingerprint density at radius 2 is 1.24 bits per heavy atom. The smallest absolute Gasteiger partial charge is 0.250 e. The molecule has 0 fully saturated rings. The molecule has 7 aromatic rings. The molecule has 262 valence electrons. The van der Waals surface area contributed by atoms with Gasteiger partial charge in [-0.2, -0.15) is 4.57 Å². The molecule has 0 amide bonds. The number of imidazole rings is 1. The number of para-hydroxylation sites is 2. The lowest BCUT2D eigenvalue weighted by atomic mass is 9.86. The van der Waals surface area contributed by atoms with Gasteiger partial charge in [-0.3, -0.25) is 4.57 Å². The number of nitrogens with zero attached hydrogens (tertiary/aromatic N) is 4. The van der Waals surface area contributed by atoms with Gasteiger partial charge in [0.05, 0.1) is 11.0 Å². The van der Waals surface area contributed by atoms with Crippen molar-refractivity contribution >= 4 is 32.8 Å². The van der Waals surface area contributed by atoms with Crippen molar-refractivity contribution in [2.24, 2.45) is 0 Å². The second kappa shape index (κ2) is 11.8. The molecule has 4 aromatic carbocycles. The fourth-order valence-corrected chi connectivity index (χ4v) is 6.99. The first-order valence-electron chi connectivity index (χ1n) is 18.2. The van der Waals surface area contributed by atoms with Crippen molar-refractivity contribution in [3.05, 3.63) is 120 Å². The van der Waals surface area contributed by atoms with Crippen LogP contribution in [0.1, 0.15) is 99.8 Å². The Kier molecular flexibility index (Phi) is 8.01. The van der Waals surface area contributed by atoms with Gasteiger partial charge in [-0.05, 0) is 114 Å². The van der Waals surface area contributed by atoms with Crippen LogP contribution in [0.4, 0.5) is 0 Å². The van der Waals surface area contributed by atoms with Gasteiger partial charge >= 0.3 is 0 Å². The first kappa shape index (κ1) is 34.5. The first-order valence-corrected chi connectivity index (χ1v) is 18.2. The molecule has 0 spiro atoms. The van der Waals surface area contributed by atoms with Crippen molar-refractivity contribution in [1.82, 2.24) is 14.1 Å². The molecule has 5 nitrogen and oxygen atoms in total. The number of rotatable bonds is 4. The molecule has 51 heavy (non-hydrogen) atoms. The van der Waals surface area contributed by atoms with Gasteiger partial charge < -0.3 is 4.74 Å². The molecule has 0 bridgehead atoms. The summed E-state index contributed by atoms with van der Waals surface area (Å²) in [5, 5.41) is 2.40. The van der Waals surface area contributed by atoms with Gasteiger partial charge in [-0.1, -0.05) is 80.5 Å². The minimum atomic E-state index is -0.0814. The zero-order chi connectivity index (χ0) is 36.7. The third-order valence-electron chi connectivity index (χ3n) is 10.1. The van der Waals surface area contributed by atoms with Crippen LogP contribution in [0.2, 0.25) is 0 Å². The van der Waals surface area contributed by atoms with Crippen molar-refractivity contribution in [2.45, 2.75) is 105 Å². The zero-order valence-corrected chi connectivity index (χ0v) is 32.5. The largest absolute Gasteiger partial charge is 0.457 e. The van der Waals surface area contributed by atoms with Crippen LogP contribution in [-0.4, -0.2) is 14.1 Å². The van der Waals surface area contributed by atoms with E-state index in [9.17, 15) is 0 Å². The lowest BCUT2D eigenvalue weighted by molar-refractivity contribution is -0.731. The van der Waals surface area contributed by atoms with E-state index in [1.165, 1.54) is 33.0 Å². The summed E-state index contributed by atoms with van der Waals surface area (Å²) in [6.07, 6.45) is 4.16.